The van der Waals surface area contributed by atoms with Crippen molar-refractivity contribution in [3.63, 3.8) is 0 Å². The average Bonchev–Trinajstić information content (AvgIpc) is 2.67. The Balaban J connectivity index is 2.06. The summed E-state index contributed by atoms with van der Waals surface area (Å²) >= 11 is 0. The Labute approximate surface area is 147 Å². The fourth-order valence-corrected chi connectivity index (χ4v) is 2.57. The first kappa shape index (κ1) is 16.9. The van der Waals surface area contributed by atoms with Gasteiger partial charge in [-0.05, 0) is 42.8 Å². The summed E-state index contributed by atoms with van der Waals surface area (Å²) in [5, 5.41) is 2.93. The maximum Gasteiger partial charge on any atom is 0.272 e. The van der Waals surface area contributed by atoms with Gasteiger partial charge in [0, 0.05) is 12.1 Å². The first-order valence-electron chi connectivity index (χ1n) is 8.42. The van der Waals surface area contributed by atoms with Crippen LogP contribution in [0.4, 0.5) is 0 Å². The number of aromatic nitrogens is 2. The number of fused-ring (bicyclic) bond motifs is 1. The van der Waals surface area contributed by atoms with E-state index in [0.29, 0.717) is 23.4 Å². The average molecular weight is 335 g/mol. The third-order valence-corrected chi connectivity index (χ3v) is 3.96. The molecule has 0 fully saturated rings. The quantitative estimate of drug-likeness (QED) is 0.695. The topological polar surface area (TPSA) is 64.1 Å². The van der Waals surface area contributed by atoms with E-state index in [2.05, 4.69) is 22.2 Å². The first-order chi connectivity index (χ1) is 12.2. The highest BCUT2D eigenvalue weighted by molar-refractivity contribution is 6.00. The Hall–Kier alpha value is -2.95. The monoisotopic (exact) mass is 335 g/mol. The summed E-state index contributed by atoms with van der Waals surface area (Å²) in [7, 11) is 1.62. The van der Waals surface area contributed by atoms with E-state index in [1.807, 2.05) is 48.5 Å². The number of benzene rings is 2. The van der Waals surface area contributed by atoms with Gasteiger partial charge in [-0.3, -0.25) is 4.79 Å². The molecular weight excluding hydrogens is 314 g/mol. The molecule has 5 nitrogen and oxygen atoms in total. The van der Waals surface area contributed by atoms with Crippen molar-refractivity contribution in [1.29, 1.82) is 0 Å². The van der Waals surface area contributed by atoms with Gasteiger partial charge in [0.2, 0.25) is 0 Å². The van der Waals surface area contributed by atoms with Crippen LogP contribution in [0.2, 0.25) is 0 Å². The molecule has 0 bridgehead atoms. The smallest absolute Gasteiger partial charge is 0.272 e. The zero-order valence-corrected chi connectivity index (χ0v) is 14.5. The number of hydrogen-bond acceptors (Lipinski definition) is 4. The summed E-state index contributed by atoms with van der Waals surface area (Å²) < 4.78 is 5.20. The second-order valence-corrected chi connectivity index (χ2v) is 5.75. The van der Waals surface area contributed by atoms with E-state index in [-0.39, 0.29) is 5.91 Å². The van der Waals surface area contributed by atoms with Gasteiger partial charge in [-0.2, -0.15) is 0 Å². The molecule has 1 aromatic heterocycles. The third kappa shape index (κ3) is 3.76. The van der Waals surface area contributed by atoms with Gasteiger partial charge in [0.25, 0.3) is 5.91 Å². The number of amides is 1. The summed E-state index contributed by atoms with van der Waals surface area (Å²) in [4.78, 5) is 21.9. The largest absolute Gasteiger partial charge is 0.497 e. The Morgan fingerprint density at radius 1 is 1.04 bits per heavy atom. The van der Waals surface area contributed by atoms with Gasteiger partial charge in [-0.15, -0.1) is 0 Å². The summed E-state index contributed by atoms with van der Waals surface area (Å²) in [5.41, 5.74) is 3.23. The number of carbonyl (C=O) groups is 1. The zero-order valence-electron chi connectivity index (χ0n) is 14.5. The summed E-state index contributed by atoms with van der Waals surface area (Å²) in [6, 6.07) is 15.0. The SMILES string of the molecule is CCCCNC(=O)c1nc2ccccc2nc1-c1ccc(OC)cc1. The predicted octanol–water partition coefficient (Wildman–Crippen LogP) is 3.84. The van der Waals surface area contributed by atoms with Crippen LogP contribution in [0.15, 0.2) is 48.5 Å². The third-order valence-electron chi connectivity index (χ3n) is 3.96. The van der Waals surface area contributed by atoms with Crippen LogP contribution in [0.3, 0.4) is 0 Å². The predicted molar refractivity (Wildman–Crippen MR) is 98.8 cm³/mol. The van der Waals surface area contributed by atoms with Gasteiger partial charge in [0.05, 0.1) is 18.1 Å². The minimum atomic E-state index is -0.197. The summed E-state index contributed by atoms with van der Waals surface area (Å²) in [6.07, 6.45) is 1.96. The van der Waals surface area contributed by atoms with Gasteiger partial charge in [-0.1, -0.05) is 25.5 Å². The van der Waals surface area contributed by atoms with E-state index in [1.54, 1.807) is 7.11 Å². The van der Waals surface area contributed by atoms with Crippen LogP contribution in [-0.4, -0.2) is 29.5 Å². The van der Waals surface area contributed by atoms with Crippen LogP contribution < -0.4 is 10.1 Å². The van der Waals surface area contributed by atoms with Crippen molar-refractivity contribution >= 4 is 16.9 Å². The molecule has 1 amide bonds. The van der Waals surface area contributed by atoms with Crippen molar-refractivity contribution in [2.45, 2.75) is 19.8 Å². The van der Waals surface area contributed by atoms with Gasteiger partial charge in [-0.25, -0.2) is 9.97 Å². The molecule has 1 heterocycles. The Kier molecular flexibility index (Phi) is 5.23. The van der Waals surface area contributed by atoms with Crippen LogP contribution in [0.1, 0.15) is 30.3 Å². The van der Waals surface area contributed by atoms with Crippen LogP contribution in [-0.2, 0) is 0 Å². The maximum absolute atomic E-state index is 12.6. The highest BCUT2D eigenvalue weighted by Gasteiger charge is 2.17. The zero-order chi connectivity index (χ0) is 17.6. The molecule has 0 aliphatic carbocycles. The molecule has 0 unspecified atom stereocenters. The molecule has 0 aliphatic heterocycles. The molecule has 0 atom stereocenters. The minimum Gasteiger partial charge on any atom is -0.497 e. The molecule has 0 aliphatic rings. The molecular formula is C20H21N3O2. The van der Waals surface area contributed by atoms with Gasteiger partial charge in [0.1, 0.15) is 11.4 Å². The molecule has 0 saturated carbocycles. The molecule has 0 spiro atoms. The molecule has 2 aromatic carbocycles. The molecule has 5 heteroatoms. The molecule has 3 rings (SSSR count). The van der Waals surface area contributed by atoms with Crippen molar-refractivity contribution < 1.29 is 9.53 Å². The van der Waals surface area contributed by atoms with Gasteiger partial charge < -0.3 is 10.1 Å². The van der Waals surface area contributed by atoms with Crippen LogP contribution >= 0.6 is 0 Å². The normalized spacial score (nSPS) is 10.6. The highest BCUT2D eigenvalue weighted by Crippen LogP contribution is 2.25. The second kappa shape index (κ2) is 7.75. The van der Waals surface area contributed by atoms with Crippen molar-refractivity contribution in [2.75, 3.05) is 13.7 Å². The first-order valence-corrected chi connectivity index (χ1v) is 8.42. The number of para-hydroxylation sites is 2. The Morgan fingerprint density at radius 2 is 1.72 bits per heavy atom. The second-order valence-electron chi connectivity index (χ2n) is 5.75. The molecule has 0 radical (unpaired) electrons. The number of nitrogens with one attached hydrogen (secondary N) is 1. The van der Waals surface area contributed by atoms with Crippen LogP contribution in [0.5, 0.6) is 5.75 Å². The number of rotatable bonds is 6. The van der Waals surface area contributed by atoms with Crippen molar-refractivity contribution in [3.8, 4) is 17.0 Å². The number of nitrogens with zero attached hydrogens (tertiary/aromatic N) is 2. The van der Waals surface area contributed by atoms with Crippen molar-refractivity contribution in [1.82, 2.24) is 15.3 Å². The number of methoxy groups -OCH3 is 1. The molecule has 3 aromatic rings. The Morgan fingerprint density at radius 3 is 2.36 bits per heavy atom. The Bertz CT molecular complexity index is 876. The fourth-order valence-electron chi connectivity index (χ4n) is 2.57. The summed E-state index contributed by atoms with van der Waals surface area (Å²) in [6.45, 7) is 2.72. The van der Waals surface area contributed by atoms with Crippen molar-refractivity contribution in [2.24, 2.45) is 0 Å². The van der Waals surface area contributed by atoms with Gasteiger partial charge in [0.15, 0.2) is 5.69 Å². The van der Waals surface area contributed by atoms with Gasteiger partial charge >= 0.3 is 0 Å². The molecule has 25 heavy (non-hydrogen) atoms. The van der Waals surface area contributed by atoms with Crippen molar-refractivity contribution in [3.05, 3.63) is 54.2 Å². The lowest BCUT2D eigenvalue weighted by Gasteiger charge is -2.11. The van der Waals surface area contributed by atoms with E-state index >= 15 is 0 Å². The van der Waals surface area contributed by atoms with E-state index in [1.165, 1.54) is 0 Å². The van der Waals surface area contributed by atoms with Crippen LogP contribution in [0, 0.1) is 0 Å². The van der Waals surface area contributed by atoms with E-state index in [0.717, 1.165) is 29.7 Å². The minimum absolute atomic E-state index is 0.197. The molecule has 1 N–H and O–H groups in total. The number of hydrogen-bond donors (Lipinski definition) is 1. The lowest BCUT2D eigenvalue weighted by atomic mass is 10.1. The lowest BCUT2D eigenvalue weighted by Crippen LogP contribution is -2.26. The maximum atomic E-state index is 12.6. The summed E-state index contributed by atoms with van der Waals surface area (Å²) in [5.74, 6) is 0.559. The number of ether oxygens (including phenoxy) is 1. The lowest BCUT2D eigenvalue weighted by molar-refractivity contribution is 0.0949. The highest BCUT2D eigenvalue weighted by atomic mass is 16.5. The molecule has 128 valence electrons. The van der Waals surface area contributed by atoms with E-state index in [9.17, 15) is 4.79 Å². The number of unbranched alkanes of at least 4 members (excludes halogenated alkanes) is 1. The van der Waals surface area contributed by atoms with E-state index < -0.39 is 0 Å². The van der Waals surface area contributed by atoms with Crippen LogP contribution in [0.25, 0.3) is 22.3 Å². The van der Waals surface area contributed by atoms with E-state index in [4.69, 9.17) is 4.74 Å². The standard InChI is InChI=1S/C20H21N3O2/c1-3-4-13-21-20(24)19-18(14-9-11-15(25-2)12-10-14)22-16-7-5-6-8-17(16)23-19/h5-12H,3-4,13H2,1-2H3,(H,21,24). The number of carbonyl (C=O) groups excluding carboxylic acids is 1. The fraction of sp³-hybridized carbons (Fsp3) is 0.250. The molecule has 0 saturated heterocycles.